The highest BCUT2D eigenvalue weighted by atomic mass is 19.1. The number of amides is 2. The van der Waals surface area contributed by atoms with Gasteiger partial charge in [0.15, 0.2) is 0 Å². The fraction of sp³-hybridized carbons (Fsp3) is 0.467. The lowest BCUT2D eigenvalue weighted by Gasteiger charge is -2.24. The van der Waals surface area contributed by atoms with E-state index in [9.17, 15) is 14.0 Å². The number of nitrogens with zero attached hydrogens (tertiary/aromatic N) is 2. The van der Waals surface area contributed by atoms with Crippen molar-refractivity contribution in [1.29, 1.82) is 0 Å². The molecule has 21 heavy (non-hydrogen) atoms. The van der Waals surface area contributed by atoms with Crippen LogP contribution in [0.3, 0.4) is 0 Å². The fourth-order valence-electron chi connectivity index (χ4n) is 1.63. The number of halogens is 1. The van der Waals surface area contributed by atoms with Crippen LogP contribution in [0.25, 0.3) is 0 Å². The average molecular weight is 295 g/mol. The van der Waals surface area contributed by atoms with Crippen LogP contribution >= 0.6 is 0 Å². The number of hydrogen-bond acceptors (Lipinski definition) is 3. The first kappa shape index (κ1) is 17.1. The van der Waals surface area contributed by atoms with E-state index < -0.39 is 6.04 Å². The minimum Gasteiger partial charge on any atom is -0.351 e. The maximum atomic E-state index is 12.8. The Morgan fingerprint density at radius 2 is 1.76 bits per heavy atom. The lowest BCUT2D eigenvalue weighted by atomic mass is 10.2. The third kappa shape index (κ3) is 5.51. The van der Waals surface area contributed by atoms with Crippen LogP contribution in [-0.4, -0.2) is 55.3 Å². The SMILES string of the molecule is CC(C(=O)NCc1ccc(F)cc1)N(C)CC(=O)N(C)C. The van der Waals surface area contributed by atoms with Crippen LogP contribution in [0.15, 0.2) is 24.3 Å². The second-order valence-corrected chi connectivity index (χ2v) is 5.22. The summed E-state index contributed by atoms with van der Waals surface area (Å²) in [5, 5.41) is 2.77. The van der Waals surface area contributed by atoms with Crippen molar-refractivity contribution in [3.63, 3.8) is 0 Å². The van der Waals surface area contributed by atoms with Gasteiger partial charge in [0.2, 0.25) is 11.8 Å². The Bertz CT molecular complexity index is 488. The van der Waals surface area contributed by atoms with E-state index in [1.807, 2.05) is 0 Å². The predicted octanol–water partition coefficient (Wildman–Crippen LogP) is 0.850. The maximum absolute atomic E-state index is 12.8. The Labute approximate surface area is 124 Å². The molecule has 1 atom stereocenters. The van der Waals surface area contributed by atoms with Crippen LogP contribution in [-0.2, 0) is 16.1 Å². The largest absolute Gasteiger partial charge is 0.351 e. The molecule has 1 N–H and O–H groups in total. The molecule has 1 aromatic rings. The van der Waals surface area contributed by atoms with E-state index in [-0.39, 0.29) is 24.2 Å². The topological polar surface area (TPSA) is 52.7 Å². The monoisotopic (exact) mass is 295 g/mol. The van der Waals surface area contributed by atoms with Gasteiger partial charge in [-0.15, -0.1) is 0 Å². The van der Waals surface area contributed by atoms with Gasteiger partial charge >= 0.3 is 0 Å². The molecule has 1 unspecified atom stereocenters. The van der Waals surface area contributed by atoms with Crippen molar-refractivity contribution in [2.75, 3.05) is 27.7 Å². The first-order chi connectivity index (χ1) is 9.81. The summed E-state index contributed by atoms with van der Waals surface area (Å²) in [6.45, 7) is 2.25. The van der Waals surface area contributed by atoms with Crippen molar-refractivity contribution in [3.05, 3.63) is 35.6 Å². The molecule has 0 spiro atoms. The Morgan fingerprint density at radius 3 is 2.29 bits per heavy atom. The maximum Gasteiger partial charge on any atom is 0.237 e. The molecule has 0 aromatic heterocycles. The van der Waals surface area contributed by atoms with Gasteiger partial charge in [0.1, 0.15) is 5.82 Å². The number of nitrogens with one attached hydrogen (secondary N) is 1. The number of likely N-dealkylation sites (N-methyl/N-ethyl adjacent to an activating group) is 2. The Balaban J connectivity index is 2.46. The quantitative estimate of drug-likeness (QED) is 0.846. The summed E-state index contributed by atoms with van der Waals surface area (Å²) in [5.41, 5.74) is 0.823. The van der Waals surface area contributed by atoms with E-state index in [1.165, 1.54) is 17.0 Å². The predicted molar refractivity (Wildman–Crippen MR) is 79.0 cm³/mol. The third-order valence-corrected chi connectivity index (χ3v) is 3.30. The summed E-state index contributed by atoms with van der Waals surface area (Å²) < 4.78 is 12.8. The zero-order valence-electron chi connectivity index (χ0n) is 12.9. The smallest absolute Gasteiger partial charge is 0.237 e. The first-order valence-electron chi connectivity index (χ1n) is 6.73. The van der Waals surface area contributed by atoms with Crippen molar-refractivity contribution in [2.24, 2.45) is 0 Å². The highest BCUT2D eigenvalue weighted by molar-refractivity contribution is 5.83. The van der Waals surface area contributed by atoms with Gasteiger partial charge in [-0.05, 0) is 31.7 Å². The Morgan fingerprint density at radius 1 is 1.19 bits per heavy atom. The molecule has 116 valence electrons. The van der Waals surface area contributed by atoms with E-state index in [4.69, 9.17) is 0 Å². The van der Waals surface area contributed by atoms with Crippen LogP contribution in [0.5, 0.6) is 0 Å². The molecule has 0 heterocycles. The molecule has 0 aliphatic rings. The first-order valence-corrected chi connectivity index (χ1v) is 6.73. The Kier molecular flexibility index (Phi) is 6.30. The average Bonchev–Trinajstić information content (AvgIpc) is 2.45. The third-order valence-electron chi connectivity index (χ3n) is 3.30. The van der Waals surface area contributed by atoms with Gasteiger partial charge in [0, 0.05) is 20.6 Å². The van der Waals surface area contributed by atoms with Crippen LogP contribution in [0, 0.1) is 5.82 Å². The Hall–Kier alpha value is -1.95. The number of benzene rings is 1. The van der Waals surface area contributed by atoms with Gasteiger partial charge in [0.05, 0.1) is 12.6 Å². The summed E-state index contributed by atoms with van der Waals surface area (Å²) in [6.07, 6.45) is 0. The van der Waals surface area contributed by atoms with Gasteiger partial charge < -0.3 is 10.2 Å². The zero-order valence-corrected chi connectivity index (χ0v) is 12.9. The summed E-state index contributed by atoms with van der Waals surface area (Å²) in [5.74, 6) is -0.538. The fourth-order valence-corrected chi connectivity index (χ4v) is 1.63. The van der Waals surface area contributed by atoms with Crippen LogP contribution in [0.1, 0.15) is 12.5 Å². The molecular weight excluding hydrogens is 273 g/mol. The summed E-state index contributed by atoms with van der Waals surface area (Å²) in [7, 11) is 5.08. The van der Waals surface area contributed by atoms with Gasteiger partial charge in [-0.2, -0.15) is 0 Å². The molecule has 0 saturated carbocycles. The van der Waals surface area contributed by atoms with E-state index in [0.29, 0.717) is 6.54 Å². The molecule has 5 nitrogen and oxygen atoms in total. The number of rotatable bonds is 6. The molecule has 0 bridgehead atoms. The van der Waals surface area contributed by atoms with Gasteiger partial charge in [0.25, 0.3) is 0 Å². The molecule has 0 aliphatic carbocycles. The van der Waals surface area contributed by atoms with Crippen LogP contribution in [0.4, 0.5) is 4.39 Å². The highest BCUT2D eigenvalue weighted by Crippen LogP contribution is 2.03. The van der Waals surface area contributed by atoms with Crippen LogP contribution < -0.4 is 5.32 Å². The second kappa shape index (κ2) is 7.73. The van der Waals surface area contributed by atoms with E-state index >= 15 is 0 Å². The van der Waals surface area contributed by atoms with Crippen molar-refractivity contribution >= 4 is 11.8 Å². The summed E-state index contributed by atoms with van der Waals surface area (Å²) in [4.78, 5) is 26.8. The standard InChI is InChI=1S/C15H22FN3O2/c1-11(19(4)10-14(20)18(2)3)15(21)17-9-12-5-7-13(16)8-6-12/h5-8,11H,9-10H2,1-4H3,(H,17,21). The van der Waals surface area contributed by atoms with Crippen molar-refractivity contribution < 1.29 is 14.0 Å². The molecule has 1 rings (SSSR count). The highest BCUT2D eigenvalue weighted by Gasteiger charge is 2.20. The summed E-state index contributed by atoms with van der Waals surface area (Å²) >= 11 is 0. The molecule has 2 amide bonds. The number of hydrogen-bond donors (Lipinski definition) is 1. The van der Waals surface area contributed by atoms with E-state index in [2.05, 4.69) is 5.32 Å². The van der Waals surface area contributed by atoms with Gasteiger partial charge in [-0.25, -0.2) is 4.39 Å². The van der Waals surface area contributed by atoms with Crippen molar-refractivity contribution in [1.82, 2.24) is 15.1 Å². The van der Waals surface area contributed by atoms with Gasteiger partial charge in [-0.1, -0.05) is 12.1 Å². The molecule has 0 radical (unpaired) electrons. The van der Waals surface area contributed by atoms with E-state index in [0.717, 1.165) is 5.56 Å². The minimum atomic E-state index is -0.422. The molecular formula is C15H22FN3O2. The molecule has 6 heteroatoms. The molecule has 0 aliphatic heterocycles. The van der Waals surface area contributed by atoms with Crippen molar-refractivity contribution in [2.45, 2.75) is 19.5 Å². The molecule has 0 fully saturated rings. The molecule has 1 aromatic carbocycles. The number of carbonyl (C=O) groups is 2. The van der Waals surface area contributed by atoms with Crippen molar-refractivity contribution in [3.8, 4) is 0 Å². The van der Waals surface area contributed by atoms with E-state index in [1.54, 1.807) is 45.1 Å². The summed E-state index contributed by atoms with van der Waals surface area (Å²) in [6, 6.07) is 5.54. The normalized spacial score (nSPS) is 12.1. The second-order valence-electron chi connectivity index (χ2n) is 5.22. The van der Waals surface area contributed by atoms with Crippen LogP contribution in [0.2, 0.25) is 0 Å². The number of carbonyl (C=O) groups excluding carboxylic acids is 2. The zero-order chi connectivity index (χ0) is 16.0. The molecule has 0 saturated heterocycles. The minimum absolute atomic E-state index is 0.0596. The lowest BCUT2D eigenvalue weighted by Crippen LogP contribution is -2.46. The lowest BCUT2D eigenvalue weighted by molar-refractivity contribution is -0.132. The van der Waals surface area contributed by atoms with Gasteiger partial charge in [-0.3, -0.25) is 14.5 Å².